The summed E-state index contributed by atoms with van der Waals surface area (Å²) in [5.74, 6) is -1.71. The molecule has 8 heteroatoms. The Bertz CT molecular complexity index is 490. The Hall–Kier alpha value is -2.22. The molecule has 1 atom stereocenters. The van der Waals surface area contributed by atoms with Crippen LogP contribution in [0.15, 0.2) is 12.3 Å². The molecule has 0 aliphatic heterocycles. The van der Waals surface area contributed by atoms with Gasteiger partial charge in [-0.2, -0.15) is 0 Å². The molecule has 0 saturated carbocycles. The number of nitrogens with one attached hydrogen (secondary N) is 1. The number of pyridine rings is 1. The van der Waals surface area contributed by atoms with Gasteiger partial charge < -0.3 is 25.4 Å². The van der Waals surface area contributed by atoms with Gasteiger partial charge in [0.2, 0.25) is 0 Å². The second-order valence-corrected chi connectivity index (χ2v) is 4.34. The molecule has 1 heterocycles. The normalized spacial score (nSPS) is 12.2. The second-order valence-electron chi connectivity index (χ2n) is 4.34. The zero-order valence-electron chi connectivity index (χ0n) is 11.0. The van der Waals surface area contributed by atoms with Crippen LogP contribution < -0.4 is 5.32 Å². The van der Waals surface area contributed by atoms with Gasteiger partial charge in [0.15, 0.2) is 6.20 Å². The SMILES string of the molecule is CC(CNc1cnc([N+](=O)[O-])cc1C(=O)O)N(C)C. The second kappa shape index (κ2) is 6.10. The Balaban J connectivity index is 2.94. The van der Waals surface area contributed by atoms with Crippen molar-refractivity contribution in [2.45, 2.75) is 13.0 Å². The van der Waals surface area contributed by atoms with Crippen LogP contribution in [0.2, 0.25) is 0 Å². The van der Waals surface area contributed by atoms with Gasteiger partial charge in [0.25, 0.3) is 0 Å². The first kappa shape index (κ1) is 14.8. The van der Waals surface area contributed by atoms with E-state index in [-0.39, 0.29) is 17.3 Å². The van der Waals surface area contributed by atoms with Gasteiger partial charge in [-0.3, -0.25) is 0 Å². The molecular formula is C11H16N4O4. The number of aromatic nitrogens is 1. The van der Waals surface area contributed by atoms with Gasteiger partial charge >= 0.3 is 11.8 Å². The quantitative estimate of drug-likeness (QED) is 0.586. The summed E-state index contributed by atoms with van der Waals surface area (Å²) in [4.78, 5) is 26.5. The van der Waals surface area contributed by atoms with Crippen LogP contribution in [0.3, 0.4) is 0 Å². The average molecular weight is 268 g/mol. The number of carbonyl (C=O) groups is 1. The smallest absolute Gasteiger partial charge is 0.364 e. The van der Waals surface area contributed by atoms with Crippen molar-refractivity contribution >= 4 is 17.5 Å². The van der Waals surface area contributed by atoms with E-state index in [1.165, 1.54) is 6.20 Å². The Morgan fingerprint density at radius 2 is 2.26 bits per heavy atom. The Labute approximate surface area is 110 Å². The van der Waals surface area contributed by atoms with Crippen molar-refractivity contribution in [1.29, 1.82) is 0 Å². The first-order valence-electron chi connectivity index (χ1n) is 5.61. The molecule has 1 unspecified atom stereocenters. The molecule has 104 valence electrons. The molecule has 0 amide bonds. The lowest BCUT2D eigenvalue weighted by Crippen LogP contribution is -2.31. The highest BCUT2D eigenvalue weighted by molar-refractivity contribution is 5.94. The molecule has 1 aromatic heterocycles. The van der Waals surface area contributed by atoms with Crippen LogP contribution in [0.5, 0.6) is 0 Å². The van der Waals surface area contributed by atoms with Gasteiger partial charge in [-0.05, 0) is 30.9 Å². The molecule has 0 aliphatic carbocycles. The molecule has 0 fully saturated rings. The molecule has 0 spiro atoms. The third kappa shape index (κ3) is 3.88. The van der Waals surface area contributed by atoms with E-state index < -0.39 is 16.7 Å². The highest BCUT2D eigenvalue weighted by Crippen LogP contribution is 2.19. The van der Waals surface area contributed by atoms with Gasteiger partial charge in [0, 0.05) is 12.6 Å². The van der Waals surface area contributed by atoms with Crippen molar-refractivity contribution in [3.8, 4) is 0 Å². The van der Waals surface area contributed by atoms with E-state index in [0.717, 1.165) is 6.07 Å². The van der Waals surface area contributed by atoms with Crippen molar-refractivity contribution in [1.82, 2.24) is 9.88 Å². The Morgan fingerprint density at radius 3 is 2.74 bits per heavy atom. The summed E-state index contributed by atoms with van der Waals surface area (Å²) in [5.41, 5.74) is 0.111. The summed E-state index contributed by atoms with van der Waals surface area (Å²) in [6, 6.07) is 1.13. The van der Waals surface area contributed by atoms with Crippen molar-refractivity contribution in [2.75, 3.05) is 26.0 Å². The summed E-state index contributed by atoms with van der Waals surface area (Å²) in [7, 11) is 3.80. The predicted octanol–water partition coefficient (Wildman–Crippen LogP) is 1.05. The van der Waals surface area contributed by atoms with Crippen molar-refractivity contribution < 1.29 is 14.8 Å². The van der Waals surface area contributed by atoms with Crippen LogP contribution in [0.25, 0.3) is 0 Å². The van der Waals surface area contributed by atoms with Crippen LogP contribution >= 0.6 is 0 Å². The Kier molecular flexibility index (Phi) is 4.76. The maximum atomic E-state index is 11.1. The van der Waals surface area contributed by atoms with E-state index in [1.807, 2.05) is 25.9 Å². The largest absolute Gasteiger partial charge is 0.478 e. The maximum absolute atomic E-state index is 11.1. The fraction of sp³-hybridized carbons (Fsp3) is 0.455. The van der Waals surface area contributed by atoms with Crippen molar-refractivity contribution in [2.24, 2.45) is 0 Å². The van der Waals surface area contributed by atoms with Crippen molar-refractivity contribution in [3.05, 3.63) is 27.9 Å². The summed E-state index contributed by atoms with van der Waals surface area (Å²) < 4.78 is 0. The molecule has 1 aromatic rings. The minimum Gasteiger partial charge on any atom is -0.478 e. The minimum atomic E-state index is -1.23. The number of carboxylic acids is 1. The molecule has 0 bridgehead atoms. The van der Waals surface area contributed by atoms with Crippen LogP contribution in [-0.2, 0) is 0 Å². The van der Waals surface area contributed by atoms with Gasteiger partial charge in [-0.1, -0.05) is 0 Å². The van der Waals surface area contributed by atoms with Crippen LogP contribution in [0.4, 0.5) is 11.5 Å². The van der Waals surface area contributed by atoms with Crippen LogP contribution in [0, 0.1) is 10.1 Å². The lowest BCUT2D eigenvalue weighted by Gasteiger charge is -2.20. The van der Waals surface area contributed by atoms with E-state index >= 15 is 0 Å². The number of nitro groups is 1. The molecule has 1 rings (SSSR count). The number of carboxylic acid groups (broad SMARTS) is 1. The first-order valence-corrected chi connectivity index (χ1v) is 5.61. The van der Waals surface area contributed by atoms with E-state index in [4.69, 9.17) is 5.11 Å². The molecule has 0 aliphatic rings. The number of nitrogens with zero attached hydrogens (tertiary/aromatic N) is 3. The number of hydrogen-bond acceptors (Lipinski definition) is 6. The number of aromatic carboxylic acids is 1. The number of anilines is 1. The minimum absolute atomic E-state index is 0.160. The van der Waals surface area contributed by atoms with E-state index in [0.29, 0.717) is 6.54 Å². The van der Waals surface area contributed by atoms with Gasteiger partial charge in [0.1, 0.15) is 0 Å². The lowest BCUT2D eigenvalue weighted by molar-refractivity contribution is -0.389. The summed E-state index contributed by atoms with van der Waals surface area (Å²) in [5, 5.41) is 22.5. The highest BCUT2D eigenvalue weighted by Gasteiger charge is 2.18. The summed E-state index contributed by atoms with van der Waals surface area (Å²) >= 11 is 0. The van der Waals surface area contributed by atoms with Gasteiger partial charge in [0.05, 0.1) is 17.3 Å². The van der Waals surface area contributed by atoms with Gasteiger partial charge in [-0.15, -0.1) is 0 Å². The predicted molar refractivity (Wildman–Crippen MR) is 69.5 cm³/mol. The standard InChI is InChI=1S/C11H16N4O4/c1-7(14(2)3)5-12-9-6-13-10(15(18)19)4-8(9)11(16)17/h4,6-7,12H,5H2,1-3H3,(H,16,17). The first-order chi connectivity index (χ1) is 8.82. The highest BCUT2D eigenvalue weighted by atomic mass is 16.6. The molecule has 19 heavy (non-hydrogen) atoms. The molecule has 0 aromatic carbocycles. The van der Waals surface area contributed by atoms with E-state index in [1.54, 1.807) is 0 Å². The fourth-order valence-electron chi connectivity index (χ4n) is 1.30. The number of hydrogen-bond donors (Lipinski definition) is 2. The number of likely N-dealkylation sites (N-methyl/N-ethyl adjacent to an activating group) is 1. The average Bonchev–Trinajstić information content (AvgIpc) is 2.35. The molecule has 2 N–H and O–H groups in total. The fourth-order valence-corrected chi connectivity index (χ4v) is 1.30. The van der Waals surface area contributed by atoms with Crippen molar-refractivity contribution in [3.63, 3.8) is 0 Å². The van der Waals surface area contributed by atoms with Gasteiger partial charge in [-0.25, -0.2) is 4.79 Å². The Morgan fingerprint density at radius 1 is 1.63 bits per heavy atom. The number of rotatable bonds is 6. The summed E-state index contributed by atoms with van der Waals surface area (Å²) in [6.45, 7) is 2.47. The topological polar surface area (TPSA) is 109 Å². The van der Waals surface area contributed by atoms with E-state index in [9.17, 15) is 14.9 Å². The monoisotopic (exact) mass is 268 g/mol. The third-order valence-electron chi connectivity index (χ3n) is 2.78. The van der Waals surface area contributed by atoms with Crippen LogP contribution in [0.1, 0.15) is 17.3 Å². The zero-order chi connectivity index (χ0) is 14.6. The molecular weight excluding hydrogens is 252 g/mol. The lowest BCUT2D eigenvalue weighted by atomic mass is 10.2. The summed E-state index contributed by atoms with van der Waals surface area (Å²) in [6.07, 6.45) is 1.17. The van der Waals surface area contributed by atoms with Crippen LogP contribution in [-0.4, -0.2) is 52.6 Å². The maximum Gasteiger partial charge on any atom is 0.364 e. The third-order valence-corrected chi connectivity index (χ3v) is 2.78. The zero-order valence-corrected chi connectivity index (χ0v) is 11.0. The molecule has 8 nitrogen and oxygen atoms in total. The molecule has 0 radical (unpaired) electrons. The van der Waals surface area contributed by atoms with E-state index in [2.05, 4.69) is 10.3 Å². The molecule has 0 saturated heterocycles.